The molecule has 0 heterocycles. The van der Waals surface area contributed by atoms with Gasteiger partial charge >= 0.3 is 12.0 Å². The first-order valence-electron chi connectivity index (χ1n) is 9.02. The van der Waals surface area contributed by atoms with Gasteiger partial charge in [-0.2, -0.15) is 0 Å². The largest absolute Gasteiger partial charge is 0.481 e. The minimum atomic E-state index is -0.764. The van der Waals surface area contributed by atoms with Crippen LogP contribution in [0.1, 0.15) is 45.1 Å². The summed E-state index contributed by atoms with van der Waals surface area (Å²) in [6.07, 6.45) is 2.37. The Morgan fingerprint density at radius 3 is 2.15 bits per heavy atom. The van der Waals surface area contributed by atoms with Gasteiger partial charge in [-0.15, -0.1) is 0 Å². The molecule has 0 radical (unpaired) electrons. The van der Waals surface area contributed by atoms with Crippen molar-refractivity contribution in [2.45, 2.75) is 52.1 Å². The van der Waals surface area contributed by atoms with E-state index in [0.29, 0.717) is 37.9 Å². The van der Waals surface area contributed by atoms with Crippen LogP contribution in [0.2, 0.25) is 0 Å². The second kappa shape index (κ2) is 9.22. The lowest BCUT2D eigenvalue weighted by atomic mass is 9.81. The lowest BCUT2D eigenvalue weighted by Gasteiger charge is -2.25. The first-order chi connectivity index (χ1) is 12.3. The van der Waals surface area contributed by atoms with Gasteiger partial charge in [-0.05, 0) is 57.2 Å². The molecule has 0 unspecified atom stereocenters. The highest BCUT2D eigenvalue weighted by atomic mass is 16.4. The van der Waals surface area contributed by atoms with Crippen LogP contribution in [0.15, 0.2) is 24.3 Å². The molecule has 1 aromatic carbocycles. The average Bonchev–Trinajstić information content (AvgIpc) is 2.60. The highest BCUT2D eigenvalue weighted by Crippen LogP contribution is 2.29. The zero-order chi connectivity index (χ0) is 19.1. The van der Waals surface area contributed by atoms with Gasteiger partial charge in [-0.25, -0.2) is 4.79 Å². The zero-order valence-electron chi connectivity index (χ0n) is 15.2. The van der Waals surface area contributed by atoms with Gasteiger partial charge < -0.3 is 21.1 Å². The van der Waals surface area contributed by atoms with Crippen LogP contribution < -0.4 is 16.0 Å². The van der Waals surface area contributed by atoms with E-state index in [1.54, 1.807) is 12.1 Å². The summed E-state index contributed by atoms with van der Waals surface area (Å²) in [7, 11) is 0. The Hall–Kier alpha value is -2.57. The van der Waals surface area contributed by atoms with E-state index in [4.69, 9.17) is 5.11 Å². The molecule has 26 heavy (non-hydrogen) atoms. The average molecular weight is 361 g/mol. The molecule has 142 valence electrons. The van der Waals surface area contributed by atoms with Crippen molar-refractivity contribution in [2.75, 3.05) is 5.32 Å². The second-order valence-electron chi connectivity index (χ2n) is 7.05. The maximum Gasteiger partial charge on any atom is 0.319 e. The molecule has 1 aromatic rings. The van der Waals surface area contributed by atoms with Crippen molar-refractivity contribution in [2.24, 2.45) is 11.8 Å². The van der Waals surface area contributed by atoms with Crippen LogP contribution in [-0.2, 0) is 16.1 Å². The number of nitrogens with one attached hydrogen (secondary N) is 3. The SMILES string of the molecule is CC(C)NC(=O)Nc1ccc(CNC(=O)C2CCC(C(=O)O)CC2)cc1. The number of benzene rings is 1. The number of aliphatic carboxylic acids is 1. The number of carboxylic acid groups (broad SMARTS) is 1. The van der Waals surface area contributed by atoms with Crippen molar-refractivity contribution < 1.29 is 19.5 Å². The van der Waals surface area contributed by atoms with Crippen molar-refractivity contribution in [3.05, 3.63) is 29.8 Å². The van der Waals surface area contributed by atoms with Crippen molar-refractivity contribution in [1.82, 2.24) is 10.6 Å². The first kappa shape index (κ1) is 19.8. The number of anilines is 1. The number of hydrogen-bond acceptors (Lipinski definition) is 3. The number of urea groups is 1. The van der Waals surface area contributed by atoms with Gasteiger partial charge in [0.1, 0.15) is 0 Å². The molecule has 1 fully saturated rings. The standard InChI is InChI=1S/C19H27N3O4/c1-12(2)21-19(26)22-16-9-3-13(4-10-16)11-20-17(23)14-5-7-15(8-6-14)18(24)25/h3-4,9-10,12,14-15H,5-8,11H2,1-2H3,(H,20,23)(H,24,25)(H2,21,22,26). The molecule has 0 aliphatic heterocycles. The summed E-state index contributed by atoms with van der Waals surface area (Å²) in [4.78, 5) is 34.8. The molecule has 1 aliphatic rings. The minimum Gasteiger partial charge on any atom is -0.481 e. The fraction of sp³-hybridized carbons (Fsp3) is 0.526. The Bertz CT molecular complexity index is 635. The third kappa shape index (κ3) is 6.06. The van der Waals surface area contributed by atoms with Gasteiger partial charge in [0.25, 0.3) is 0 Å². The van der Waals surface area contributed by atoms with Crippen LogP contribution in [0, 0.1) is 11.8 Å². The molecule has 7 nitrogen and oxygen atoms in total. The Labute approximate surface area is 153 Å². The summed E-state index contributed by atoms with van der Waals surface area (Å²) in [6.45, 7) is 4.19. The van der Waals surface area contributed by atoms with E-state index >= 15 is 0 Å². The normalized spacial score (nSPS) is 19.7. The van der Waals surface area contributed by atoms with Crippen LogP contribution in [0.5, 0.6) is 0 Å². The number of carbonyl (C=O) groups is 3. The van der Waals surface area contributed by atoms with Crippen LogP contribution >= 0.6 is 0 Å². The second-order valence-corrected chi connectivity index (χ2v) is 7.05. The molecule has 2 rings (SSSR count). The monoisotopic (exact) mass is 361 g/mol. The van der Waals surface area contributed by atoms with Crippen molar-refractivity contribution in [3.8, 4) is 0 Å². The van der Waals surface area contributed by atoms with Crippen molar-refractivity contribution in [3.63, 3.8) is 0 Å². The number of rotatable bonds is 6. The predicted molar refractivity (Wildman–Crippen MR) is 98.7 cm³/mol. The molecule has 3 amide bonds. The lowest BCUT2D eigenvalue weighted by Crippen LogP contribution is -2.34. The summed E-state index contributed by atoms with van der Waals surface area (Å²) < 4.78 is 0. The van der Waals surface area contributed by atoms with Gasteiger partial charge in [0.05, 0.1) is 5.92 Å². The van der Waals surface area contributed by atoms with E-state index in [1.807, 2.05) is 26.0 Å². The van der Waals surface area contributed by atoms with Crippen LogP contribution in [0.25, 0.3) is 0 Å². The molecular formula is C19H27N3O4. The van der Waals surface area contributed by atoms with Gasteiger partial charge in [0.2, 0.25) is 5.91 Å². The van der Waals surface area contributed by atoms with Crippen LogP contribution in [0.3, 0.4) is 0 Å². The summed E-state index contributed by atoms with van der Waals surface area (Å²) in [5.74, 6) is -1.20. The van der Waals surface area contributed by atoms with Crippen molar-refractivity contribution >= 4 is 23.6 Å². The van der Waals surface area contributed by atoms with E-state index in [0.717, 1.165) is 5.56 Å². The maximum absolute atomic E-state index is 12.2. The minimum absolute atomic E-state index is 0.0210. The molecule has 0 spiro atoms. The molecule has 0 saturated heterocycles. The highest BCUT2D eigenvalue weighted by molar-refractivity contribution is 5.89. The summed E-state index contributed by atoms with van der Waals surface area (Å²) in [5.41, 5.74) is 1.62. The Morgan fingerprint density at radius 2 is 1.62 bits per heavy atom. The fourth-order valence-corrected chi connectivity index (χ4v) is 3.07. The third-order valence-corrected chi connectivity index (χ3v) is 4.55. The molecule has 0 aromatic heterocycles. The summed E-state index contributed by atoms with van der Waals surface area (Å²) in [6, 6.07) is 7.10. The molecule has 7 heteroatoms. The third-order valence-electron chi connectivity index (χ3n) is 4.55. The lowest BCUT2D eigenvalue weighted by molar-refractivity contribution is -0.144. The number of carbonyl (C=O) groups excluding carboxylic acids is 2. The van der Waals surface area contributed by atoms with E-state index in [2.05, 4.69) is 16.0 Å². The highest BCUT2D eigenvalue weighted by Gasteiger charge is 2.29. The Morgan fingerprint density at radius 1 is 1.04 bits per heavy atom. The van der Waals surface area contributed by atoms with E-state index in [1.165, 1.54) is 0 Å². The molecule has 0 atom stereocenters. The molecule has 4 N–H and O–H groups in total. The number of amides is 3. The Kier molecular flexibility index (Phi) is 7.00. The molecule has 0 bridgehead atoms. The predicted octanol–water partition coefficient (Wildman–Crippen LogP) is 2.72. The van der Waals surface area contributed by atoms with Gasteiger partial charge in [0.15, 0.2) is 0 Å². The van der Waals surface area contributed by atoms with Gasteiger partial charge in [-0.3, -0.25) is 9.59 Å². The van der Waals surface area contributed by atoms with E-state index in [-0.39, 0.29) is 29.8 Å². The zero-order valence-corrected chi connectivity index (χ0v) is 15.2. The van der Waals surface area contributed by atoms with Crippen molar-refractivity contribution in [1.29, 1.82) is 0 Å². The van der Waals surface area contributed by atoms with Crippen LogP contribution in [-0.4, -0.2) is 29.1 Å². The Balaban J connectivity index is 1.76. The number of hydrogen-bond donors (Lipinski definition) is 4. The number of carboxylic acids is 1. The smallest absolute Gasteiger partial charge is 0.319 e. The molecular weight excluding hydrogens is 334 g/mol. The van der Waals surface area contributed by atoms with Gasteiger partial charge in [0, 0.05) is 24.2 Å². The maximum atomic E-state index is 12.2. The quantitative estimate of drug-likeness (QED) is 0.625. The topological polar surface area (TPSA) is 108 Å². The summed E-state index contributed by atoms with van der Waals surface area (Å²) >= 11 is 0. The van der Waals surface area contributed by atoms with Gasteiger partial charge in [-0.1, -0.05) is 12.1 Å². The van der Waals surface area contributed by atoms with E-state index < -0.39 is 5.97 Å². The summed E-state index contributed by atoms with van der Waals surface area (Å²) in [5, 5.41) is 17.4. The van der Waals surface area contributed by atoms with Crippen LogP contribution in [0.4, 0.5) is 10.5 Å². The fourth-order valence-electron chi connectivity index (χ4n) is 3.07. The van der Waals surface area contributed by atoms with E-state index in [9.17, 15) is 14.4 Å². The first-order valence-corrected chi connectivity index (χ1v) is 9.02. The molecule has 1 aliphatic carbocycles. The molecule has 1 saturated carbocycles.